The first-order valence-corrected chi connectivity index (χ1v) is 11.3. The Balaban J connectivity index is 1.35. The first-order chi connectivity index (χ1) is 15.7. The fraction of sp³-hybridized carbons (Fsp3) is 0.273. The van der Waals surface area contributed by atoms with E-state index >= 15 is 0 Å². The van der Waals surface area contributed by atoms with E-state index in [2.05, 4.69) is 25.8 Å². The van der Waals surface area contributed by atoms with Gasteiger partial charge in [-0.05, 0) is 18.9 Å². The maximum absolute atomic E-state index is 11.4. The van der Waals surface area contributed by atoms with Crippen LogP contribution in [0.5, 0.6) is 5.75 Å². The number of nitro benzene ring substituents is 1. The van der Waals surface area contributed by atoms with Crippen molar-refractivity contribution in [3.8, 4) is 17.1 Å². The van der Waals surface area contributed by atoms with E-state index in [0.29, 0.717) is 29.7 Å². The molecule has 1 fully saturated rings. The number of fused-ring (bicyclic) bond motifs is 2. The standard InChI is InChI=1S/C22H19N5O4S/c28-27(29)16-7-13-10-30-12-31-20(13)14(8-16)11-32-22-25-24-21(26(22)15-5-6-15)18-9-23-19-4-2-1-3-17(18)19/h1-4,7-9,15,23H,5-6,10-12H2. The Bertz CT molecular complexity index is 1340. The predicted octanol–water partition coefficient (Wildman–Crippen LogP) is 4.83. The second-order valence-electron chi connectivity index (χ2n) is 7.90. The molecule has 0 spiro atoms. The van der Waals surface area contributed by atoms with E-state index in [9.17, 15) is 10.1 Å². The molecule has 0 bridgehead atoms. The molecule has 0 amide bonds. The van der Waals surface area contributed by atoms with E-state index in [0.717, 1.165) is 45.9 Å². The molecule has 1 aliphatic heterocycles. The highest BCUT2D eigenvalue weighted by atomic mass is 32.2. The predicted molar refractivity (Wildman–Crippen MR) is 119 cm³/mol. The molecule has 1 aliphatic carbocycles. The Kier molecular flexibility index (Phi) is 4.62. The molecule has 162 valence electrons. The van der Waals surface area contributed by atoms with E-state index in [4.69, 9.17) is 9.47 Å². The molecule has 0 unspecified atom stereocenters. The lowest BCUT2D eigenvalue weighted by atomic mass is 10.1. The van der Waals surface area contributed by atoms with Gasteiger partial charge in [0.1, 0.15) is 5.75 Å². The second-order valence-corrected chi connectivity index (χ2v) is 8.85. The summed E-state index contributed by atoms with van der Waals surface area (Å²) in [5.74, 6) is 2.00. The number of nitrogens with zero attached hydrogens (tertiary/aromatic N) is 4. The van der Waals surface area contributed by atoms with Crippen molar-refractivity contribution < 1.29 is 14.4 Å². The van der Waals surface area contributed by atoms with Crippen molar-refractivity contribution in [2.45, 2.75) is 36.4 Å². The summed E-state index contributed by atoms with van der Waals surface area (Å²) >= 11 is 1.52. The molecule has 0 radical (unpaired) electrons. The van der Waals surface area contributed by atoms with Crippen molar-refractivity contribution in [3.63, 3.8) is 0 Å². The van der Waals surface area contributed by atoms with Crippen molar-refractivity contribution in [2.24, 2.45) is 0 Å². The quantitative estimate of drug-likeness (QED) is 0.255. The molecular formula is C22H19N5O4S. The van der Waals surface area contributed by atoms with Gasteiger partial charge in [-0.2, -0.15) is 0 Å². The number of hydrogen-bond acceptors (Lipinski definition) is 7. The number of benzene rings is 2. The Morgan fingerprint density at radius 2 is 2.12 bits per heavy atom. The van der Waals surface area contributed by atoms with Gasteiger partial charge in [-0.25, -0.2) is 0 Å². The van der Waals surface area contributed by atoms with E-state index in [1.807, 2.05) is 24.4 Å². The minimum absolute atomic E-state index is 0.0385. The number of aromatic nitrogens is 4. The van der Waals surface area contributed by atoms with Crippen LogP contribution in [0, 0.1) is 10.1 Å². The highest BCUT2D eigenvalue weighted by Gasteiger charge is 2.31. The summed E-state index contributed by atoms with van der Waals surface area (Å²) in [7, 11) is 0. The van der Waals surface area contributed by atoms with Gasteiger partial charge in [0.2, 0.25) is 0 Å². The van der Waals surface area contributed by atoms with Crippen LogP contribution >= 0.6 is 11.8 Å². The van der Waals surface area contributed by atoms with Crippen LogP contribution in [0.3, 0.4) is 0 Å². The van der Waals surface area contributed by atoms with Crippen LogP contribution in [0.25, 0.3) is 22.3 Å². The van der Waals surface area contributed by atoms with Crippen LogP contribution in [0.4, 0.5) is 5.69 Å². The smallest absolute Gasteiger partial charge is 0.270 e. The molecule has 0 atom stereocenters. The molecule has 10 heteroatoms. The molecule has 6 rings (SSSR count). The normalized spacial score (nSPS) is 15.5. The number of H-pyrrole nitrogens is 1. The van der Waals surface area contributed by atoms with Gasteiger partial charge in [0, 0.05) is 57.7 Å². The molecule has 2 aromatic heterocycles. The minimum Gasteiger partial charge on any atom is -0.467 e. The van der Waals surface area contributed by atoms with Crippen LogP contribution in [0.2, 0.25) is 0 Å². The fourth-order valence-corrected chi connectivity index (χ4v) is 5.09. The van der Waals surface area contributed by atoms with E-state index in [-0.39, 0.29) is 17.4 Å². The third kappa shape index (κ3) is 3.32. The van der Waals surface area contributed by atoms with Crippen LogP contribution in [0.15, 0.2) is 47.8 Å². The van der Waals surface area contributed by atoms with Crippen molar-refractivity contribution in [2.75, 3.05) is 6.79 Å². The molecule has 2 aliphatic rings. The highest BCUT2D eigenvalue weighted by Crippen LogP contribution is 2.43. The number of rotatable bonds is 6. The SMILES string of the molecule is O=[N+]([O-])c1cc2c(c(CSc3nnc(-c4c[nH]c5ccccc45)n3C3CC3)c1)OCOC2. The van der Waals surface area contributed by atoms with Crippen molar-refractivity contribution in [1.82, 2.24) is 19.7 Å². The molecule has 9 nitrogen and oxygen atoms in total. The second kappa shape index (κ2) is 7.64. The maximum Gasteiger partial charge on any atom is 0.270 e. The number of nitro groups is 1. The number of ether oxygens (including phenoxy) is 2. The van der Waals surface area contributed by atoms with Gasteiger partial charge < -0.3 is 14.5 Å². The van der Waals surface area contributed by atoms with Crippen molar-refractivity contribution in [1.29, 1.82) is 0 Å². The summed E-state index contributed by atoms with van der Waals surface area (Å²) in [4.78, 5) is 14.3. The van der Waals surface area contributed by atoms with E-state index < -0.39 is 0 Å². The Hall–Kier alpha value is -3.37. The Labute approximate surface area is 186 Å². The fourth-order valence-electron chi connectivity index (χ4n) is 4.11. The summed E-state index contributed by atoms with van der Waals surface area (Å²) in [5, 5.41) is 22.3. The van der Waals surface area contributed by atoms with Crippen LogP contribution in [0.1, 0.15) is 30.0 Å². The Morgan fingerprint density at radius 3 is 2.97 bits per heavy atom. The van der Waals surface area contributed by atoms with Crippen LogP contribution < -0.4 is 4.74 Å². The van der Waals surface area contributed by atoms with E-state index in [1.54, 1.807) is 6.07 Å². The zero-order chi connectivity index (χ0) is 21.7. The summed E-state index contributed by atoms with van der Waals surface area (Å²) < 4.78 is 13.2. The summed E-state index contributed by atoms with van der Waals surface area (Å²) in [5.41, 5.74) is 3.59. The Morgan fingerprint density at radius 1 is 1.25 bits per heavy atom. The monoisotopic (exact) mass is 449 g/mol. The third-order valence-electron chi connectivity index (χ3n) is 5.75. The van der Waals surface area contributed by atoms with Gasteiger partial charge in [0.05, 0.1) is 11.5 Å². The highest BCUT2D eigenvalue weighted by molar-refractivity contribution is 7.98. The molecule has 1 N–H and O–H groups in total. The number of aromatic amines is 1. The number of thioether (sulfide) groups is 1. The first-order valence-electron chi connectivity index (χ1n) is 10.3. The van der Waals surface area contributed by atoms with Gasteiger partial charge in [0.25, 0.3) is 5.69 Å². The van der Waals surface area contributed by atoms with Crippen molar-refractivity contribution in [3.05, 3.63) is 63.8 Å². The number of hydrogen-bond donors (Lipinski definition) is 1. The largest absolute Gasteiger partial charge is 0.467 e. The molecular weight excluding hydrogens is 430 g/mol. The molecule has 1 saturated carbocycles. The van der Waals surface area contributed by atoms with Gasteiger partial charge in [0.15, 0.2) is 17.8 Å². The molecule has 3 heterocycles. The third-order valence-corrected chi connectivity index (χ3v) is 6.74. The number of non-ortho nitro benzene ring substituents is 1. The first kappa shape index (κ1) is 19.3. The zero-order valence-electron chi connectivity index (χ0n) is 17.0. The van der Waals surface area contributed by atoms with Gasteiger partial charge >= 0.3 is 0 Å². The van der Waals surface area contributed by atoms with E-state index in [1.165, 1.54) is 17.8 Å². The lowest BCUT2D eigenvalue weighted by molar-refractivity contribution is -0.385. The summed E-state index contributed by atoms with van der Waals surface area (Å²) in [6, 6.07) is 11.6. The van der Waals surface area contributed by atoms with Crippen LogP contribution in [-0.4, -0.2) is 31.5 Å². The number of para-hydroxylation sites is 1. The lowest BCUT2D eigenvalue weighted by Crippen LogP contribution is -2.13. The summed E-state index contributed by atoms with van der Waals surface area (Å²) in [6.07, 6.45) is 4.16. The van der Waals surface area contributed by atoms with Gasteiger partial charge in [-0.1, -0.05) is 30.0 Å². The average Bonchev–Trinajstić information content (AvgIpc) is 3.43. The summed E-state index contributed by atoms with van der Waals surface area (Å²) in [6.45, 7) is 0.448. The topological polar surface area (TPSA) is 108 Å². The molecule has 32 heavy (non-hydrogen) atoms. The van der Waals surface area contributed by atoms with Gasteiger partial charge in [-0.3, -0.25) is 14.7 Å². The number of nitrogens with one attached hydrogen (secondary N) is 1. The van der Waals surface area contributed by atoms with Crippen molar-refractivity contribution >= 4 is 28.4 Å². The minimum atomic E-state index is -0.384. The molecule has 4 aromatic rings. The van der Waals surface area contributed by atoms with Crippen LogP contribution in [-0.2, 0) is 17.1 Å². The molecule has 0 saturated heterocycles. The maximum atomic E-state index is 11.4. The average molecular weight is 449 g/mol. The lowest BCUT2D eigenvalue weighted by Gasteiger charge is -2.20. The molecule has 2 aromatic carbocycles. The van der Waals surface area contributed by atoms with Gasteiger partial charge in [-0.15, -0.1) is 10.2 Å². The zero-order valence-corrected chi connectivity index (χ0v) is 17.8.